The van der Waals surface area contributed by atoms with Gasteiger partial charge in [-0.05, 0) is 67.0 Å². The Hall–Kier alpha value is -2.33. The minimum Gasteiger partial charge on any atom is -0.381 e. The maximum atomic E-state index is 5.50. The van der Waals surface area contributed by atoms with Gasteiger partial charge < -0.3 is 14.6 Å². The average Bonchev–Trinajstić information content (AvgIpc) is 3.37. The molecule has 0 aliphatic carbocycles. The molecule has 0 radical (unpaired) electrons. The lowest BCUT2D eigenvalue weighted by Gasteiger charge is -2.28. The normalized spacial score (nSPS) is 21.5. The summed E-state index contributed by atoms with van der Waals surface area (Å²) in [6, 6.07) is 16.4. The summed E-state index contributed by atoms with van der Waals surface area (Å²) in [7, 11) is 0. The summed E-state index contributed by atoms with van der Waals surface area (Å²) in [4.78, 5) is 10.1. The van der Waals surface area contributed by atoms with Crippen molar-refractivity contribution >= 4 is 16.7 Å². The molecular formula is C22H25N3O. The number of ether oxygens (including phenoxy) is 1. The van der Waals surface area contributed by atoms with E-state index in [0.717, 1.165) is 43.6 Å². The molecule has 3 heterocycles. The van der Waals surface area contributed by atoms with Gasteiger partial charge in [0.05, 0.1) is 23.4 Å². The standard InChI is InChI=1S/C22H25N3O/c1-2-22(18-5-8-20-21(14-18)24-15-23-20)25(11-1)19-6-3-16(4-7-19)17-9-12-26-13-10-17/h3-8,14-15,17,22H,1-2,9-13H2,(H,23,24)/t22-/m1/s1. The molecule has 2 aliphatic heterocycles. The summed E-state index contributed by atoms with van der Waals surface area (Å²) in [6.45, 7) is 2.93. The average molecular weight is 347 g/mol. The molecule has 2 fully saturated rings. The van der Waals surface area contributed by atoms with E-state index in [9.17, 15) is 0 Å². The predicted molar refractivity (Wildman–Crippen MR) is 105 cm³/mol. The van der Waals surface area contributed by atoms with E-state index in [-0.39, 0.29) is 0 Å². The topological polar surface area (TPSA) is 41.2 Å². The molecule has 134 valence electrons. The summed E-state index contributed by atoms with van der Waals surface area (Å²) >= 11 is 0. The van der Waals surface area contributed by atoms with Crippen molar-refractivity contribution in [3.05, 3.63) is 59.9 Å². The SMILES string of the molecule is c1nc2ccc([C@H]3CCCN3c3ccc(C4CCOCC4)cc3)cc2[nH]1. The lowest BCUT2D eigenvalue weighted by molar-refractivity contribution is 0.0853. The third-order valence-electron chi connectivity index (χ3n) is 6.00. The zero-order valence-corrected chi connectivity index (χ0v) is 15.0. The van der Waals surface area contributed by atoms with Crippen LogP contribution in [0.2, 0.25) is 0 Å². The number of nitrogens with one attached hydrogen (secondary N) is 1. The fraction of sp³-hybridized carbons (Fsp3) is 0.409. The summed E-state index contributed by atoms with van der Waals surface area (Å²) in [5.41, 5.74) is 6.36. The molecule has 0 unspecified atom stereocenters. The number of aromatic amines is 1. The largest absolute Gasteiger partial charge is 0.381 e. The van der Waals surface area contributed by atoms with Crippen LogP contribution in [0.4, 0.5) is 5.69 Å². The molecule has 2 aliphatic rings. The molecule has 1 aromatic heterocycles. The summed E-state index contributed by atoms with van der Waals surface area (Å²) in [6.07, 6.45) is 6.52. The van der Waals surface area contributed by atoms with Gasteiger partial charge in [-0.25, -0.2) is 4.98 Å². The Morgan fingerprint density at radius 1 is 0.962 bits per heavy atom. The maximum Gasteiger partial charge on any atom is 0.0931 e. The first kappa shape index (κ1) is 15.9. The van der Waals surface area contributed by atoms with E-state index in [1.54, 1.807) is 6.33 Å². The molecule has 2 saturated heterocycles. The molecule has 0 spiro atoms. The van der Waals surface area contributed by atoms with E-state index in [1.165, 1.54) is 29.7 Å². The molecule has 0 bridgehead atoms. The van der Waals surface area contributed by atoms with E-state index in [0.29, 0.717) is 12.0 Å². The number of nitrogens with zero attached hydrogens (tertiary/aromatic N) is 2. The third-order valence-corrected chi connectivity index (χ3v) is 6.00. The predicted octanol–water partition coefficient (Wildman–Crippen LogP) is 4.80. The van der Waals surface area contributed by atoms with Gasteiger partial charge in [-0.1, -0.05) is 18.2 Å². The van der Waals surface area contributed by atoms with Crippen LogP contribution in [0.15, 0.2) is 48.8 Å². The van der Waals surface area contributed by atoms with Crippen LogP contribution >= 0.6 is 0 Å². The van der Waals surface area contributed by atoms with E-state index < -0.39 is 0 Å². The Kier molecular flexibility index (Phi) is 4.13. The highest BCUT2D eigenvalue weighted by atomic mass is 16.5. The zero-order valence-electron chi connectivity index (χ0n) is 15.0. The third kappa shape index (κ3) is 2.88. The molecule has 26 heavy (non-hydrogen) atoms. The van der Waals surface area contributed by atoms with Gasteiger partial charge >= 0.3 is 0 Å². The number of benzene rings is 2. The second-order valence-corrected chi connectivity index (χ2v) is 7.51. The van der Waals surface area contributed by atoms with E-state index >= 15 is 0 Å². The number of hydrogen-bond donors (Lipinski definition) is 1. The van der Waals surface area contributed by atoms with Crippen molar-refractivity contribution in [3.8, 4) is 0 Å². The van der Waals surface area contributed by atoms with Crippen LogP contribution in [0.3, 0.4) is 0 Å². The second-order valence-electron chi connectivity index (χ2n) is 7.51. The van der Waals surface area contributed by atoms with Crippen molar-refractivity contribution in [1.82, 2.24) is 9.97 Å². The molecule has 4 nitrogen and oxygen atoms in total. The Bertz CT molecular complexity index is 880. The van der Waals surface area contributed by atoms with Crippen molar-refractivity contribution in [2.75, 3.05) is 24.7 Å². The van der Waals surface area contributed by atoms with E-state index in [4.69, 9.17) is 4.74 Å². The highest BCUT2D eigenvalue weighted by molar-refractivity contribution is 5.75. The monoisotopic (exact) mass is 347 g/mol. The van der Waals surface area contributed by atoms with Crippen LogP contribution in [0, 0.1) is 0 Å². The number of imidazole rings is 1. The van der Waals surface area contributed by atoms with Gasteiger partial charge in [-0.2, -0.15) is 0 Å². The number of aromatic nitrogens is 2. The number of hydrogen-bond acceptors (Lipinski definition) is 3. The molecular weight excluding hydrogens is 322 g/mol. The van der Waals surface area contributed by atoms with Crippen LogP contribution in [0.25, 0.3) is 11.0 Å². The molecule has 3 aromatic rings. The van der Waals surface area contributed by atoms with Crippen molar-refractivity contribution in [2.24, 2.45) is 0 Å². The second kappa shape index (κ2) is 6.76. The van der Waals surface area contributed by atoms with Gasteiger partial charge in [0, 0.05) is 25.4 Å². The van der Waals surface area contributed by atoms with Crippen LogP contribution in [-0.2, 0) is 4.74 Å². The summed E-state index contributed by atoms with van der Waals surface area (Å²) < 4.78 is 5.50. The maximum absolute atomic E-state index is 5.50. The van der Waals surface area contributed by atoms with E-state index in [1.807, 2.05) is 0 Å². The summed E-state index contributed by atoms with van der Waals surface area (Å²) in [5.74, 6) is 0.662. The van der Waals surface area contributed by atoms with Crippen LogP contribution in [0.5, 0.6) is 0 Å². The number of H-pyrrole nitrogens is 1. The smallest absolute Gasteiger partial charge is 0.0931 e. The Morgan fingerprint density at radius 3 is 2.62 bits per heavy atom. The lowest BCUT2D eigenvalue weighted by atomic mass is 9.91. The zero-order chi connectivity index (χ0) is 17.3. The molecule has 0 amide bonds. The van der Waals surface area contributed by atoms with Gasteiger partial charge in [-0.15, -0.1) is 0 Å². The fourth-order valence-corrected chi connectivity index (χ4v) is 4.55. The molecule has 0 saturated carbocycles. The minimum absolute atomic E-state index is 0.455. The van der Waals surface area contributed by atoms with Crippen LogP contribution in [-0.4, -0.2) is 29.7 Å². The first-order valence-electron chi connectivity index (χ1n) is 9.76. The molecule has 4 heteroatoms. The van der Waals surface area contributed by atoms with Crippen molar-refractivity contribution in [3.63, 3.8) is 0 Å². The minimum atomic E-state index is 0.455. The molecule has 1 N–H and O–H groups in total. The Morgan fingerprint density at radius 2 is 1.77 bits per heavy atom. The quantitative estimate of drug-likeness (QED) is 0.740. The van der Waals surface area contributed by atoms with Gasteiger partial charge in [0.1, 0.15) is 0 Å². The van der Waals surface area contributed by atoms with E-state index in [2.05, 4.69) is 57.3 Å². The molecule has 2 aromatic carbocycles. The number of rotatable bonds is 3. The van der Waals surface area contributed by atoms with Gasteiger partial charge in [0.25, 0.3) is 0 Å². The van der Waals surface area contributed by atoms with Crippen LogP contribution < -0.4 is 4.90 Å². The first-order chi connectivity index (χ1) is 12.9. The Balaban J connectivity index is 1.39. The van der Waals surface area contributed by atoms with Crippen LogP contribution in [0.1, 0.15) is 48.8 Å². The van der Waals surface area contributed by atoms with Crippen molar-refractivity contribution in [2.45, 2.75) is 37.6 Å². The number of fused-ring (bicyclic) bond motifs is 1. The summed E-state index contributed by atoms with van der Waals surface area (Å²) in [5, 5.41) is 0. The van der Waals surface area contributed by atoms with Gasteiger partial charge in [0.2, 0.25) is 0 Å². The number of anilines is 1. The van der Waals surface area contributed by atoms with Crippen molar-refractivity contribution < 1.29 is 4.74 Å². The first-order valence-corrected chi connectivity index (χ1v) is 9.76. The highest BCUT2D eigenvalue weighted by Gasteiger charge is 2.27. The lowest BCUT2D eigenvalue weighted by Crippen LogP contribution is -2.22. The van der Waals surface area contributed by atoms with Gasteiger partial charge in [0.15, 0.2) is 0 Å². The molecule has 5 rings (SSSR count). The van der Waals surface area contributed by atoms with Crippen molar-refractivity contribution in [1.29, 1.82) is 0 Å². The van der Waals surface area contributed by atoms with Gasteiger partial charge in [-0.3, -0.25) is 0 Å². The fourth-order valence-electron chi connectivity index (χ4n) is 4.55. The molecule has 1 atom stereocenters. The highest BCUT2D eigenvalue weighted by Crippen LogP contribution is 2.37. The Labute approximate surface area is 154 Å².